The van der Waals surface area contributed by atoms with Crippen molar-refractivity contribution in [2.45, 2.75) is 58.2 Å². The molecule has 1 heterocycles. The van der Waals surface area contributed by atoms with E-state index in [1.54, 1.807) is 12.1 Å². The van der Waals surface area contributed by atoms with Crippen LogP contribution in [0.5, 0.6) is 0 Å². The number of rotatable bonds is 10. The quantitative estimate of drug-likeness (QED) is 0.339. The predicted molar refractivity (Wildman–Crippen MR) is 94.8 cm³/mol. The maximum atomic E-state index is 10.7. The van der Waals surface area contributed by atoms with Crippen molar-refractivity contribution in [3.8, 4) is 0 Å². The highest BCUT2D eigenvalue weighted by Crippen LogP contribution is 2.23. The third-order valence-corrected chi connectivity index (χ3v) is 4.16. The van der Waals surface area contributed by atoms with Crippen LogP contribution in [0, 0.1) is 10.1 Å². The molecule has 1 atom stereocenters. The van der Waals surface area contributed by atoms with Crippen LogP contribution in [0.2, 0.25) is 0 Å². The minimum Gasteiger partial charge on any atom is -0.352 e. The van der Waals surface area contributed by atoms with Crippen molar-refractivity contribution in [3.05, 3.63) is 45.5 Å². The summed E-state index contributed by atoms with van der Waals surface area (Å²) in [6, 6.07) is 6.56. The molecule has 0 saturated carbocycles. The Morgan fingerprint density at radius 1 is 1.21 bits per heavy atom. The van der Waals surface area contributed by atoms with Crippen molar-refractivity contribution >= 4 is 11.8 Å². The Balaban J connectivity index is 1.67. The van der Waals surface area contributed by atoms with Gasteiger partial charge in [0.2, 0.25) is 0 Å². The second-order valence-electron chi connectivity index (χ2n) is 6.23. The van der Waals surface area contributed by atoms with Crippen molar-refractivity contribution in [3.63, 3.8) is 0 Å². The van der Waals surface area contributed by atoms with Gasteiger partial charge in [-0.2, -0.15) is 0 Å². The van der Waals surface area contributed by atoms with Crippen molar-refractivity contribution in [2.24, 2.45) is 0 Å². The number of benzene rings is 1. The van der Waals surface area contributed by atoms with Crippen molar-refractivity contribution in [1.29, 1.82) is 0 Å². The van der Waals surface area contributed by atoms with Crippen LogP contribution in [-0.2, 0) is 9.47 Å². The predicted octanol–water partition coefficient (Wildman–Crippen LogP) is 5.10. The van der Waals surface area contributed by atoms with Gasteiger partial charge in [-0.15, -0.1) is 0 Å². The topological polar surface area (TPSA) is 61.6 Å². The lowest BCUT2D eigenvalue weighted by atomic mass is 10.1. The fourth-order valence-corrected chi connectivity index (χ4v) is 2.76. The monoisotopic (exact) mass is 333 g/mol. The molecule has 5 nitrogen and oxygen atoms in total. The molecular formula is C19H27NO4. The lowest BCUT2D eigenvalue weighted by Gasteiger charge is -2.10. The Hall–Kier alpha value is -1.72. The van der Waals surface area contributed by atoms with E-state index >= 15 is 0 Å². The maximum absolute atomic E-state index is 10.7. The second-order valence-corrected chi connectivity index (χ2v) is 6.23. The summed E-state index contributed by atoms with van der Waals surface area (Å²) in [4.78, 5) is 10.3. The largest absolute Gasteiger partial charge is 0.352 e. The average Bonchev–Trinajstić information content (AvgIpc) is 3.02. The van der Waals surface area contributed by atoms with Crippen LogP contribution in [0.4, 0.5) is 5.69 Å². The van der Waals surface area contributed by atoms with Crippen molar-refractivity contribution in [1.82, 2.24) is 0 Å². The van der Waals surface area contributed by atoms with Crippen LogP contribution >= 0.6 is 0 Å². The van der Waals surface area contributed by atoms with Gasteiger partial charge in [-0.3, -0.25) is 10.1 Å². The molecule has 1 aromatic carbocycles. The van der Waals surface area contributed by atoms with Gasteiger partial charge < -0.3 is 9.47 Å². The average molecular weight is 333 g/mol. The summed E-state index contributed by atoms with van der Waals surface area (Å²) in [7, 11) is 0. The molecule has 1 aliphatic heterocycles. The van der Waals surface area contributed by atoms with Gasteiger partial charge in [-0.25, -0.2) is 0 Å². The van der Waals surface area contributed by atoms with Crippen LogP contribution in [-0.4, -0.2) is 24.4 Å². The molecule has 1 fully saturated rings. The first-order valence-corrected chi connectivity index (χ1v) is 8.86. The second kappa shape index (κ2) is 10.2. The fourth-order valence-electron chi connectivity index (χ4n) is 2.76. The number of nitro groups is 1. The Morgan fingerprint density at radius 3 is 2.62 bits per heavy atom. The summed E-state index contributed by atoms with van der Waals surface area (Å²) in [6.45, 7) is 3.54. The standard InChI is InChI=1S/C19H27NO4/c1-2-3-4-5-6-7-12-23-19-14-17(15-24-19)13-16-8-10-18(11-9-16)20(21)22/h8-11,13,19H,2-7,12,14-15H2,1H3/b17-13-. The van der Waals surface area contributed by atoms with Gasteiger partial charge in [0.1, 0.15) is 0 Å². The van der Waals surface area contributed by atoms with Gasteiger partial charge in [0.25, 0.3) is 5.69 Å². The number of nitro benzene ring substituents is 1. The SMILES string of the molecule is CCCCCCCCOC1C/C(=C/c2ccc([N+](=O)[O-])cc2)CO1. The van der Waals surface area contributed by atoms with E-state index in [0.717, 1.165) is 30.6 Å². The van der Waals surface area contributed by atoms with Gasteiger partial charge in [0.05, 0.1) is 11.5 Å². The van der Waals surface area contributed by atoms with Crippen LogP contribution in [0.25, 0.3) is 6.08 Å². The first-order chi connectivity index (χ1) is 11.7. The van der Waals surface area contributed by atoms with Crippen LogP contribution in [0.15, 0.2) is 29.8 Å². The third kappa shape index (κ3) is 6.42. The molecular weight excluding hydrogens is 306 g/mol. The number of non-ortho nitro benzene ring substituents is 1. The zero-order valence-electron chi connectivity index (χ0n) is 14.4. The summed E-state index contributed by atoms with van der Waals surface area (Å²) < 4.78 is 11.4. The van der Waals surface area contributed by atoms with Crippen LogP contribution in [0.1, 0.15) is 57.4 Å². The molecule has 0 radical (unpaired) electrons. The fraction of sp³-hybridized carbons (Fsp3) is 0.579. The third-order valence-electron chi connectivity index (χ3n) is 4.16. The van der Waals surface area contributed by atoms with Gasteiger partial charge in [0, 0.05) is 25.2 Å². The van der Waals surface area contributed by atoms with E-state index in [1.165, 1.54) is 44.2 Å². The number of hydrogen-bond acceptors (Lipinski definition) is 4. The first kappa shape index (κ1) is 18.6. The highest BCUT2D eigenvalue weighted by molar-refractivity contribution is 5.55. The number of unbranched alkanes of at least 4 members (excludes halogenated alkanes) is 5. The molecule has 2 rings (SSSR count). The highest BCUT2D eigenvalue weighted by atomic mass is 16.7. The number of ether oxygens (including phenoxy) is 2. The zero-order valence-corrected chi connectivity index (χ0v) is 14.4. The molecule has 0 aliphatic carbocycles. The summed E-state index contributed by atoms with van der Waals surface area (Å²) >= 11 is 0. The van der Waals surface area contributed by atoms with E-state index in [0.29, 0.717) is 6.61 Å². The molecule has 0 bridgehead atoms. The molecule has 1 aromatic rings. The molecule has 132 valence electrons. The van der Waals surface area contributed by atoms with Crippen LogP contribution < -0.4 is 0 Å². The lowest BCUT2D eigenvalue weighted by molar-refractivity contribution is -0.384. The van der Waals surface area contributed by atoms with Crippen molar-refractivity contribution < 1.29 is 14.4 Å². The first-order valence-electron chi connectivity index (χ1n) is 8.86. The van der Waals surface area contributed by atoms with E-state index in [1.807, 2.05) is 6.08 Å². The molecule has 1 unspecified atom stereocenters. The molecule has 24 heavy (non-hydrogen) atoms. The number of nitrogens with zero attached hydrogens (tertiary/aromatic N) is 1. The van der Waals surface area contributed by atoms with Gasteiger partial charge in [0.15, 0.2) is 6.29 Å². The van der Waals surface area contributed by atoms with Gasteiger partial charge in [-0.05, 0) is 29.7 Å². The Kier molecular flexibility index (Phi) is 7.92. The van der Waals surface area contributed by atoms with E-state index in [4.69, 9.17) is 9.47 Å². The van der Waals surface area contributed by atoms with Gasteiger partial charge >= 0.3 is 0 Å². The molecule has 1 saturated heterocycles. The zero-order chi connectivity index (χ0) is 17.2. The minimum atomic E-state index is -0.387. The van der Waals surface area contributed by atoms with E-state index < -0.39 is 0 Å². The van der Waals surface area contributed by atoms with Gasteiger partial charge in [-0.1, -0.05) is 45.1 Å². The summed E-state index contributed by atoms with van der Waals surface area (Å²) in [5.41, 5.74) is 2.23. The Morgan fingerprint density at radius 2 is 1.92 bits per heavy atom. The van der Waals surface area contributed by atoms with E-state index in [9.17, 15) is 10.1 Å². The highest BCUT2D eigenvalue weighted by Gasteiger charge is 2.20. The Labute approximate surface area is 143 Å². The van der Waals surface area contributed by atoms with Crippen molar-refractivity contribution in [2.75, 3.05) is 13.2 Å². The molecule has 0 N–H and O–H groups in total. The normalized spacial score (nSPS) is 19.0. The number of hydrogen-bond donors (Lipinski definition) is 0. The Bertz CT molecular complexity index is 539. The minimum absolute atomic E-state index is 0.111. The smallest absolute Gasteiger partial charge is 0.269 e. The molecule has 0 aromatic heterocycles. The molecule has 0 spiro atoms. The molecule has 1 aliphatic rings. The molecule has 0 amide bonds. The van der Waals surface area contributed by atoms with E-state index in [-0.39, 0.29) is 16.9 Å². The lowest BCUT2D eigenvalue weighted by Crippen LogP contribution is -2.11. The maximum Gasteiger partial charge on any atom is 0.269 e. The summed E-state index contributed by atoms with van der Waals surface area (Å²) in [5, 5.41) is 10.7. The summed E-state index contributed by atoms with van der Waals surface area (Å²) in [5.74, 6) is 0. The molecule has 5 heteroatoms. The van der Waals surface area contributed by atoms with E-state index in [2.05, 4.69) is 6.92 Å². The van der Waals surface area contributed by atoms with Crippen LogP contribution in [0.3, 0.4) is 0 Å². The summed E-state index contributed by atoms with van der Waals surface area (Å²) in [6.07, 6.45) is 10.2.